The Hall–Kier alpha value is -2.98. The van der Waals surface area contributed by atoms with E-state index in [0.717, 1.165) is 17.2 Å². The second kappa shape index (κ2) is 9.71. The summed E-state index contributed by atoms with van der Waals surface area (Å²) in [5, 5.41) is 0. The Kier molecular flexibility index (Phi) is 6.90. The molecule has 34 heavy (non-hydrogen) atoms. The Labute approximate surface area is 195 Å². The number of sulfone groups is 1. The van der Waals surface area contributed by atoms with Gasteiger partial charge in [-0.3, -0.25) is 0 Å². The van der Waals surface area contributed by atoms with Crippen LogP contribution >= 0.6 is 0 Å². The molecule has 4 rings (SSSR count). The summed E-state index contributed by atoms with van der Waals surface area (Å²) in [7, 11) is -2.22. The highest BCUT2D eigenvalue weighted by molar-refractivity contribution is 7.90. The zero-order valence-electron chi connectivity index (χ0n) is 18.4. The van der Waals surface area contributed by atoms with Crippen molar-refractivity contribution in [1.29, 1.82) is 0 Å². The predicted octanol–water partition coefficient (Wildman–Crippen LogP) is 4.57. The average molecular weight is 493 g/mol. The third-order valence-corrected chi connectivity index (χ3v) is 7.35. The molecule has 1 atom stereocenters. The molecule has 1 aromatic heterocycles. The third kappa shape index (κ3) is 5.23. The number of hydrogen-bond acceptors (Lipinski definition) is 6. The zero-order valence-corrected chi connectivity index (χ0v) is 19.2. The summed E-state index contributed by atoms with van der Waals surface area (Å²) in [5.41, 5.74) is 1.33. The lowest BCUT2D eigenvalue weighted by Crippen LogP contribution is -2.18. The summed E-state index contributed by atoms with van der Waals surface area (Å²) in [6, 6.07) is 10.0. The number of nitrogens with zero attached hydrogens (tertiary/aromatic N) is 2. The Bertz CT molecular complexity index is 1260. The number of fused-ring (bicyclic) bond motifs is 1. The van der Waals surface area contributed by atoms with Crippen LogP contribution < -0.4 is 4.74 Å². The second-order valence-electron chi connectivity index (χ2n) is 7.97. The van der Waals surface area contributed by atoms with Crippen molar-refractivity contribution in [3.63, 3.8) is 0 Å². The molecule has 0 radical (unpaired) electrons. The number of alkyl halides is 3. The number of hydrogen-bond donors (Lipinski definition) is 0. The van der Waals surface area contributed by atoms with Crippen molar-refractivity contribution in [2.45, 2.75) is 35.6 Å². The van der Waals surface area contributed by atoms with E-state index < -0.39 is 21.6 Å². The van der Waals surface area contributed by atoms with Crippen LogP contribution in [0.4, 0.5) is 13.2 Å². The first-order valence-electron chi connectivity index (χ1n) is 10.6. The van der Waals surface area contributed by atoms with Crippen LogP contribution in [-0.4, -0.2) is 38.7 Å². The van der Waals surface area contributed by atoms with Crippen LogP contribution in [0, 0.1) is 0 Å². The van der Waals surface area contributed by atoms with Crippen LogP contribution in [0.1, 0.15) is 40.4 Å². The van der Waals surface area contributed by atoms with Gasteiger partial charge < -0.3 is 9.47 Å². The van der Waals surface area contributed by atoms with Crippen molar-refractivity contribution in [3.05, 3.63) is 82.9 Å². The first-order chi connectivity index (χ1) is 16.2. The first kappa shape index (κ1) is 24.2. The molecule has 6 nitrogen and oxygen atoms in total. The van der Waals surface area contributed by atoms with E-state index in [1.807, 2.05) is 0 Å². The molecule has 0 N–H and O–H groups in total. The highest BCUT2D eigenvalue weighted by atomic mass is 32.2. The summed E-state index contributed by atoms with van der Waals surface area (Å²) in [4.78, 5) is 8.03. The van der Waals surface area contributed by atoms with Gasteiger partial charge in [-0.1, -0.05) is 12.1 Å². The summed E-state index contributed by atoms with van der Waals surface area (Å²) < 4.78 is 76.5. The van der Waals surface area contributed by atoms with Crippen molar-refractivity contribution in [2.24, 2.45) is 0 Å². The lowest BCUT2D eigenvalue weighted by Gasteiger charge is -2.29. The minimum absolute atomic E-state index is 0.0754. The van der Waals surface area contributed by atoms with E-state index in [1.165, 1.54) is 43.8 Å². The van der Waals surface area contributed by atoms with Gasteiger partial charge in [-0.15, -0.1) is 0 Å². The van der Waals surface area contributed by atoms with Crippen LogP contribution in [0.15, 0.2) is 59.8 Å². The Morgan fingerprint density at radius 1 is 1.09 bits per heavy atom. The zero-order chi connectivity index (χ0) is 24.3. The topological polar surface area (TPSA) is 78.4 Å². The van der Waals surface area contributed by atoms with Crippen LogP contribution in [-0.2, 0) is 32.9 Å². The Morgan fingerprint density at radius 3 is 2.53 bits per heavy atom. The Morgan fingerprint density at radius 2 is 1.82 bits per heavy atom. The molecule has 0 bridgehead atoms. The van der Waals surface area contributed by atoms with E-state index in [2.05, 4.69) is 9.97 Å². The van der Waals surface area contributed by atoms with E-state index in [9.17, 15) is 21.6 Å². The minimum Gasteiger partial charge on any atom is -0.493 e. The van der Waals surface area contributed by atoms with Crippen LogP contribution in [0.25, 0.3) is 0 Å². The second-order valence-corrected chi connectivity index (χ2v) is 9.96. The van der Waals surface area contributed by atoms with Crippen molar-refractivity contribution in [3.8, 4) is 5.75 Å². The Balaban J connectivity index is 1.69. The molecule has 1 aliphatic heterocycles. The number of aromatic nitrogens is 2. The number of benzene rings is 2. The van der Waals surface area contributed by atoms with Crippen molar-refractivity contribution < 1.29 is 31.1 Å². The molecule has 180 valence electrons. The first-order valence-corrected chi connectivity index (χ1v) is 12.3. The van der Waals surface area contributed by atoms with E-state index in [0.29, 0.717) is 30.8 Å². The van der Waals surface area contributed by atoms with Gasteiger partial charge >= 0.3 is 6.18 Å². The lowest BCUT2D eigenvalue weighted by atomic mass is 9.83. The molecule has 0 amide bonds. The number of methoxy groups -OCH3 is 1. The number of halogens is 3. The van der Waals surface area contributed by atoms with Gasteiger partial charge in [-0.2, -0.15) is 13.2 Å². The molecule has 0 fully saturated rings. The normalized spacial score (nSPS) is 16.1. The van der Waals surface area contributed by atoms with Crippen molar-refractivity contribution >= 4 is 9.84 Å². The lowest BCUT2D eigenvalue weighted by molar-refractivity contribution is -0.137. The molecule has 2 aromatic carbocycles. The molecule has 0 saturated carbocycles. The van der Waals surface area contributed by atoms with Gasteiger partial charge in [0.1, 0.15) is 17.3 Å². The van der Waals surface area contributed by atoms with Crippen LogP contribution in [0.5, 0.6) is 5.75 Å². The fourth-order valence-corrected chi connectivity index (χ4v) is 5.31. The maximum atomic E-state index is 13.3. The maximum absolute atomic E-state index is 13.3. The molecule has 10 heteroatoms. The number of ether oxygens (including phenoxy) is 2. The fourth-order valence-electron chi connectivity index (χ4n) is 4.09. The SMILES string of the molecule is COCCc1cc(C(F)(F)F)ccc1[C@H]1CCOc2cc(S(=O)(=O)Cc3ncccn3)ccc21. The van der Waals surface area contributed by atoms with Crippen LogP contribution in [0.2, 0.25) is 0 Å². The predicted molar refractivity (Wildman–Crippen MR) is 118 cm³/mol. The summed E-state index contributed by atoms with van der Waals surface area (Å²) >= 11 is 0. The van der Waals surface area contributed by atoms with Gasteiger partial charge in [0.25, 0.3) is 0 Å². The highest BCUT2D eigenvalue weighted by Crippen LogP contribution is 2.42. The molecular weight excluding hydrogens is 469 g/mol. The van der Waals surface area contributed by atoms with Gasteiger partial charge in [-0.05, 0) is 54.3 Å². The molecule has 0 saturated heterocycles. The van der Waals surface area contributed by atoms with E-state index in [4.69, 9.17) is 9.47 Å². The van der Waals surface area contributed by atoms with Crippen LogP contribution in [0.3, 0.4) is 0 Å². The molecular formula is C24H23F3N2O4S. The van der Waals surface area contributed by atoms with Crippen molar-refractivity contribution in [1.82, 2.24) is 9.97 Å². The van der Waals surface area contributed by atoms with E-state index in [-0.39, 0.29) is 29.0 Å². The summed E-state index contributed by atoms with van der Waals surface area (Å²) in [5.74, 6) is 0.0124. The molecule has 3 aromatic rings. The molecule has 0 spiro atoms. The molecule has 2 heterocycles. The van der Waals surface area contributed by atoms with Gasteiger partial charge in [0.15, 0.2) is 9.84 Å². The third-order valence-electron chi connectivity index (χ3n) is 5.74. The summed E-state index contributed by atoms with van der Waals surface area (Å²) in [6.45, 7) is 0.594. The van der Waals surface area contributed by atoms with Crippen molar-refractivity contribution in [2.75, 3.05) is 20.3 Å². The van der Waals surface area contributed by atoms with Gasteiger partial charge in [0.2, 0.25) is 0 Å². The van der Waals surface area contributed by atoms with E-state index >= 15 is 0 Å². The largest absolute Gasteiger partial charge is 0.493 e. The molecule has 0 aliphatic carbocycles. The number of rotatable bonds is 7. The minimum atomic E-state index is -4.44. The molecule has 0 unspecified atom stereocenters. The quantitative estimate of drug-likeness (QED) is 0.481. The highest BCUT2D eigenvalue weighted by Gasteiger charge is 2.33. The van der Waals surface area contributed by atoms with E-state index in [1.54, 1.807) is 12.1 Å². The smallest absolute Gasteiger partial charge is 0.416 e. The average Bonchev–Trinajstić information content (AvgIpc) is 2.81. The maximum Gasteiger partial charge on any atom is 0.416 e. The monoisotopic (exact) mass is 492 g/mol. The molecule has 1 aliphatic rings. The van der Waals surface area contributed by atoms with Gasteiger partial charge in [-0.25, -0.2) is 18.4 Å². The van der Waals surface area contributed by atoms with Gasteiger partial charge in [0.05, 0.1) is 23.7 Å². The fraction of sp³-hybridized carbons (Fsp3) is 0.333. The van der Waals surface area contributed by atoms with Gasteiger partial charge in [0, 0.05) is 31.0 Å². The summed E-state index contributed by atoms with van der Waals surface area (Å²) in [6.07, 6.45) is -0.610. The standard InChI is InChI=1S/C24H23F3N2O4S/c1-32-11-7-16-13-17(24(25,26)27)3-5-19(16)20-8-12-33-22-14-18(4-6-21(20)22)34(30,31)15-23-28-9-2-10-29-23/h2-6,9-10,13-14,20H,7-8,11-12,15H2,1H3/t20-/m1/s1.